The van der Waals surface area contributed by atoms with Gasteiger partial charge in [0, 0.05) is 17.0 Å². The summed E-state index contributed by atoms with van der Waals surface area (Å²) in [5, 5.41) is 13.2. The molecule has 0 saturated carbocycles. The summed E-state index contributed by atoms with van der Waals surface area (Å²) in [7, 11) is 0. The highest BCUT2D eigenvalue weighted by molar-refractivity contribution is 7.09. The Kier molecular flexibility index (Phi) is 4.02. The second kappa shape index (κ2) is 6.11. The Bertz CT molecular complexity index is 840. The van der Waals surface area contributed by atoms with Crippen LogP contribution in [0, 0.1) is 13.8 Å². The van der Waals surface area contributed by atoms with Crippen LogP contribution in [-0.4, -0.2) is 15.2 Å². The average molecular weight is 312 g/mol. The van der Waals surface area contributed by atoms with Crippen LogP contribution in [0.2, 0.25) is 0 Å². The zero-order valence-corrected chi connectivity index (χ0v) is 13.2. The van der Waals surface area contributed by atoms with Crippen LogP contribution in [0.25, 0.3) is 0 Å². The molecule has 0 radical (unpaired) electrons. The van der Waals surface area contributed by atoms with Gasteiger partial charge in [-0.15, -0.1) is 21.5 Å². The third-order valence-electron chi connectivity index (χ3n) is 3.32. The van der Waals surface area contributed by atoms with E-state index in [2.05, 4.69) is 26.6 Å². The van der Waals surface area contributed by atoms with Crippen molar-refractivity contribution in [2.24, 2.45) is 0 Å². The van der Waals surface area contributed by atoms with E-state index in [0.717, 1.165) is 16.1 Å². The first kappa shape index (κ1) is 14.5. The smallest absolute Gasteiger partial charge is 0.274 e. The van der Waals surface area contributed by atoms with E-state index < -0.39 is 0 Å². The Balaban J connectivity index is 1.81. The third kappa shape index (κ3) is 3.23. The van der Waals surface area contributed by atoms with Gasteiger partial charge in [-0.1, -0.05) is 23.8 Å². The van der Waals surface area contributed by atoms with Crippen LogP contribution in [0.3, 0.4) is 0 Å². The summed E-state index contributed by atoms with van der Waals surface area (Å²) >= 11 is 1.60. The van der Waals surface area contributed by atoms with Gasteiger partial charge in [0.15, 0.2) is 0 Å². The Labute approximate surface area is 132 Å². The van der Waals surface area contributed by atoms with Gasteiger partial charge in [-0.2, -0.15) is 0 Å². The lowest BCUT2D eigenvalue weighted by Crippen LogP contribution is -2.18. The number of hydrogen-bond donors (Lipinski definition) is 2. The molecule has 5 nitrogen and oxygen atoms in total. The van der Waals surface area contributed by atoms with E-state index >= 15 is 0 Å². The largest absolute Gasteiger partial charge is 0.324 e. The number of aryl methyl sites for hydroxylation is 2. The summed E-state index contributed by atoms with van der Waals surface area (Å²) in [6.07, 6.45) is 0.504. The van der Waals surface area contributed by atoms with Gasteiger partial charge in [-0.3, -0.25) is 9.78 Å². The Morgan fingerprint density at radius 2 is 2.09 bits per heavy atom. The third-order valence-corrected chi connectivity index (χ3v) is 4.20. The summed E-state index contributed by atoms with van der Waals surface area (Å²) in [6, 6.07) is 9.97. The maximum Gasteiger partial charge on any atom is 0.274 e. The topological polar surface area (TPSA) is 70.7 Å². The maximum atomic E-state index is 12.1. The number of rotatable bonds is 4. The predicted molar refractivity (Wildman–Crippen MR) is 89.0 cm³/mol. The van der Waals surface area contributed by atoms with Crippen molar-refractivity contribution < 1.29 is 0 Å². The molecule has 1 aromatic carbocycles. The Morgan fingerprint density at radius 1 is 1.23 bits per heavy atom. The molecular formula is C16H16N4OS. The first-order valence-electron chi connectivity index (χ1n) is 6.94. The van der Waals surface area contributed by atoms with E-state index in [0.29, 0.717) is 18.1 Å². The highest BCUT2D eigenvalue weighted by Gasteiger charge is 2.07. The Hall–Kier alpha value is -2.47. The summed E-state index contributed by atoms with van der Waals surface area (Å²) in [4.78, 5) is 15.9. The lowest BCUT2D eigenvalue weighted by atomic mass is 10.1. The van der Waals surface area contributed by atoms with E-state index in [1.165, 1.54) is 5.56 Å². The standard InChI is InChI=1S/C16H16N4OS/c1-10-5-6-13(11(2)8-10)17-16-18-15(21)14(19-20-16)9-12-4-3-7-22-12/h3-8H,9H2,1-2H3,(H2,17,18,20,21). The maximum absolute atomic E-state index is 12.1. The van der Waals surface area contributed by atoms with Gasteiger partial charge in [0.2, 0.25) is 5.95 Å². The fraction of sp³-hybridized carbons (Fsp3) is 0.188. The van der Waals surface area contributed by atoms with Gasteiger partial charge in [0.1, 0.15) is 5.69 Å². The molecule has 0 amide bonds. The molecule has 0 atom stereocenters. The van der Waals surface area contributed by atoms with Crippen molar-refractivity contribution in [3.63, 3.8) is 0 Å². The zero-order valence-electron chi connectivity index (χ0n) is 12.4. The molecule has 112 valence electrons. The van der Waals surface area contributed by atoms with Crippen molar-refractivity contribution in [3.05, 3.63) is 67.8 Å². The van der Waals surface area contributed by atoms with E-state index in [-0.39, 0.29) is 5.56 Å². The number of nitrogens with zero attached hydrogens (tertiary/aromatic N) is 2. The van der Waals surface area contributed by atoms with Crippen molar-refractivity contribution in [3.8, 4) is 0 Å². The van der Waals surface area contributed by atoms with Crippen molar-refractivity contribution in [2.75, 3.05) is 5.32 Å². The molecule has 0 aliphatic rings. The van der Waals surface area contributed by atoms with E-state index in [9.17, 15) is 4.79 Å². The van der Waals surface area contributed by atoms with Gasteiger partial charge in [0.25, 0.3) is 5.56 Å². The van der Waals surface area contributed by atoms with Crippen LogP contribution in [0.5, 0.6) is 0 Å². The first-order valence-corrected chi connectivity index (χ1v) is 7.82. The normalized spacial score (nSPS) is 10.6. The fourth-order valence-corrected chi connectivity index (χ4v) is 2.90. The molecule has 6 heteroatoms. The lowest BCUT2D eigenvalue weighted by Gasteiger charge is -2.09. The van der Waals surface area contributed by atoms with Gasteiger partial charge < -0.3 is 5.32 Å². The molecule has 3 rings (SSSR count). The molecule has 0 fully saturated rings. The molecular weight excluding hydrogens is 296 g/mol. The highest BCUT2D eigenvalue weighted by atomic mass is 32.1. The molecule has 0 saturated heterocycles. The van der Waals surface area contributed by atoms with Gasteiger partial charge in [-0.05, 0) is 36.9 Å². The predicted octanol–water partition coefficient (Wildman–Crippen LogP) is 3.18. The van der Waals surface area contributed by atoms with Crippen molar-refractivity contribution in [1.29, 1.82) is 0 Å². The summed E-state index contributed by atoms with van der Waals surface area (Å²) in [5.74, 6) is 0.354. The van der Waals surface area contributed by atoms with Gasteiger partial charge >= 0.3 is 0 Å². The van der Waals surface area contributed by atoms with Crippen molar-refractivity contribution >= 4 is 23.0 Å². The monoisotopic (exact) mass is 312 g/mol. The molecule has 2 aromatic heterocycles. The number of benzene rings is 1. The van der Waals surface area contributed by atoms with Gasteiger partial charge in [0.05, 0.1) is 0 Å². The second-order valence-corrected chi connectivity index (χ2v) is 6.18. The minimum absolute atomic E-state index is 0.212. The van der Waals surface area contributed by atoms with Crippen LogP contribution < -0.4 is 10.9 Å². The van der Waals surface area contributed by atoms with Crippen LogP contribution in [-0.2, 0) is 6.42 Å². The minimum Gasteiger partial charge on any atom is -0.324 e. The van der Waals surface area contributed by atoms with E-state index in [1.54, 1.807) is 11.3 Å². The van der Waals surface area contributed by atoms with E-state index in [1.807, 2.05) is 43.5 Å². The second-order valence-electron chi connectivity index (χ2n) is 5.15. The number of aromatic nitrogens is 3. The van der Waals surface area contributed by atoms with Crippen molar-refractivity contribution in [2.45, 2.75) is 20.3 Å². The highest BCUT2D eigenvalue weighted by Crippen LogP contribution is 2.18. The average Bonchev–Trinajstić information content (AvgIpc) is 2.98. The number of hydrogen-bond acceptors (Lipinski definition) is 5. The molecule has 0 spiro atoms. The SMILES string of the molecule is Cc1ccc(Nc2nnc(Cc3cccs3)c(=O)[nH]2)c(C)c1. The first-order chi connectivity index (χ1) is 10.6. The van der Waals surface area contributed by atoms with Gasteiger partial charge in [-0.25, -0.2) is 0 Å². The molecule has 22 heavy (non-hydrogen) atoms. The lowest BCUT2D eigenvalue weighted by molar-refractivity contribution is 0.878. The Morgan fingerprint density at radius 3 is 2.77 bits per heavy atom. The summed E-state index contributed by atoms with van der Waals surface area (Å²) in [5.41, 5.74) is 3.39. The molecule has 0 aliphatic heterocycles. The molecule has 0 bridgehead atoms. The number of nitrogens with one attached hydrogen (secondary N) is 2. The van der Waals surface area contributed by atoms with Crippen molar-refractivity contribution in [1.82, 2.24) is 15.2 Å². The summed E-state index contributed by atoms with van der Waals surface area (Å²) < 4.78 is 0. The number of thiophene rings is 1. The number of anilines is 2. The quantitative estimate of drug-likeness (QED) is 0.776. The molecule has 2 heterocycles. The van der Waals surface area contributed by atoms with Crippen LogP contribution in [0.1, 0.15) is 21.7 Å². The van der Waals surface area contributed by atoms with Crippen LogP contribution >= 0.6 is 11.3 Å². The summed E-state index contributed by atoms with van der Waals surface area (Å²) in [6.45, 7) is 4.05. The molecule has 0 unspecified atom stereocenters. The molecule has 3 aromatic rings. The molecule has 0 aliphatic carbocycles. The number of H-pyrrole nitrogens is 1. The van der Waals surface area contributed by atoms with Crippen LogP contribution in [0.15, 0.2) is 40.5 Å². The zero-order chi connectivity index (χ0) is 15.5. The number of aromatic amines is 1. The van der Waals surface area contributed by atoms with E-state index in [4.69, 9.17) is 0 Å². The fourth-order valence-electron chi connectivity index (χ4n) is 2.19. The molecule has 2 N–H and O–H groups in total. The minimum atomic E-state index is -0.212. The van der Waals surface area contributed by atoms with Crippen LogP contribution in [0.4, 0.5) is 11.6 Å².